The van der Waals surface area contributed by atoms with E-state index in [9.17, 15) is 0 Å². The van der Waals surface area contributed by atoms with E-state index in [1.807, 2.05) is 17.8 Å². The van der Waals surface area contributed by atoms with Crippen molar-refractivity contribution in [3.63, 3.8) is 0 Å². The lowest BCUT2D eigenvalue weighted by Gasteiger charge is -2.31. The molecule has 2 heteroatoms. The molecular weight excluding hydrogens is 192 g/mol. The van der Waals surface area contributed by atoms with Gasteiger partial charge in [0, 0.05) is 13.0 Å². The Bertz CT molecular complexity index is 158. The van der Waals surface area contributed by atoms with Gasteiger partial charge < -0.3 is 4.74 Å². The van der Waals surface area contributed by atoms with Gasteiger partial charge in [-0.15, -0.1) is 18.3 Å². The van der Waals surface area contributed by atoms with Gasteiger partial charge in [0.15, 0.2) is 0 Å². The van der Waals surface area contributed by atoms with Crippen LogP contribution in [0.15, 0.2) is 12.7 Å². The zero-order valence-corrected chi connectivity index (χ0v) is 10.1. The summed E-state index contributed by atoms with van der Waals surface area (Å²) in [6.07, 6.45) is 12.9. The minimum absolute atomic E-state index is 0.0338. The maximum Gasteiger partial charge on any atom is 0.116 e. The molecule has 1 nitrogen and oxygen atoms in total. The lowest BCUT2D eigenvalue weighted by Crippen LogP contribution is -2.28. The maximum absolute atomic E-state index is 6.03. The number of thioether (sulfide) groups is 1. The van der Waals surface area contributed by atoms with Crippen LogP contribution in [0.2, 0.25) is 0 Å². The smallest absolute Gasteiger partial charge is 0.116 e. The monoisotopic (exact) mass is 214 g/mol. The molecular formula is C12H22OS. The molecule has 1 aliphatic heterocycles. The number of hydrogen-bond donors (Lipinski definition) is 0. The molecule has 1 atom stereocenters. The van der Waals surface area contributed by atoms with Crippen molar-refractivity contribution >= 4 is 11.8 Å². The van der Waals surface area contributed by atoms with Gasteiger partial charge >= 0.3 is 0 Å². The SMILES string of the molecule is C=CC[C@@]1(SC)CCCCCCCO1. The molecule has 1 fully saturated rings. The molecule has 82 valence electrons. The Morgan fingerprint density at radius 3 is 2.71 bits per heavy atom. The summed E-state index contributed by atoms with van der Waals surface area (Å²) in [4.78, 5) is 0.0338. The molecule has 1 aliphatic rings. The first-order chi connectivity index (χ1) is 6.83. The Kier molecular flexibility index (Phi) is 5.64. The second-order valence-corrected chi connectivity index (χ2v) is 5.13. The number of ether oxygens (including phenoxy) is 1. The topological polar surface area (TPSA) is 9.23 Å². The van der Waals surface area contributed by atoms with E-state index in [0.717, 1.165) is 13.0 Å². The highest BCUT2D eigenvalue weighted by molar-refractivity contribution is 7.99. The van der Waals surface area contributed by atoms with E-state index in [2.05, 4.69) is 12.8 Å². The van der Waals surface area contributed by atoms with Crippen LogP contribution in [0.3, 0.4) is 0 Å². The molecule has 1 heterocycles. The van der Waals surface area contributed by atoms with Crippen molar-refractivity contribution in [1.82, 2.24) is 0 Å². The summed E-state index contributed by atoms with van der Waals surface area (Å²) in [6.45, 7) is 4.76. The molecule has 1 saturated heterocycles. The van der Waals surface area contributed by atoms with E-state index in [1.54, 1.807) is 0 Å². The molecule has 0 amide bonds. The maximum atomic E-state index is 6.03. The van der Waals surface area contributed by atoms with Crippen LogP contribution >= 0.6 is 11.8 Å². The van der Waals surface area contributed by atoms with E-state index in [1.165, 1.54) is 38.5 Å². The first kappa shape index (κ1) is 12.1. The Morgan fingerprint density at radius 1 is 1.29 bits per heavy atom. The summed E-state index contributed by atoms with van der Waals surface area (Å²) in [5.74, 6) is 0. The minimum atomic E-state index is 0.0338. The average molecular weight is 214 g/mol. The van der Waals surface area contributed by atoms with Crippen LogP contribution in [0.4, 0.5) is 0 Å². The van der Waals surface area contributed by atoms with Crippen molar-refractivity contribution in [2.24, 2.45) is 0 Å². The van der Waals surface area contributed by atoms with Gasteiger partial charge in [-0.25, -0.2) is 0 Å². The predicted molar refractivity (Wildman–Crippen MR) is 64.7 cm³/mol. The van der Waals surface area contributed by atoms with Crippen molar-refractivity contribution in [1.29, 1.82) is 0 Å². The quantitative estimate of drug-likeness (QED) is 0.657. The Balaban J connectivity index is 2.53. The van der Waals surface area contributed by atoms with Crippen LogP contribution < -0.4 is 0 Å². The highest BCUT2D eigenvalue weighted by Crippen LogP contribution is 2.35. The van der Waals surface area contributed by atoms with Crippen LogP contribution in [0, 0.1) is 0 Å². The third kappa shape index (κ3) is 3.66. The van der Waals surface area contributed by atoms with Crippen LogP contribution in [0.25, 0.3) is 0 Å². The van der Waals surface area contributed by atoms with E-state index >= 15 is 0 Å². The van der Waals surface area contributed by atoms with Gasteiger partial charge in [0.25, 0.3) is 0 Å². The fourth-order valence-electron chi connectivity index (χ4n) is 1.98. The largest absolute Gasteiger partial charge is 0.364 e. The van der Waals surface area contributed by atoms with E-state index in [-0.39, 0.29) is 4.93 Å². The lowest BCUT2D eigenvalue weighted by molar-refractivity contribution is 0.0217. The zero-order chi connectivity index (χ0) is 10.3. The van der Waals surface area contributed by atoms with Gasteiger partial charge in [0.2, 0.25) is 0 Å². The normalized spacial score (nSPS) is 30.1. The first-order valence-electron chi connectivity index (χ1n) is 5.63. The second-order valence-electron chi connectivity index (χ2n) is 3.97. The zero-order valence-electron chi connectivity index (χ0n) is 9.26. The third-order valence-corrected chi connectivity index (χ3v) is 4.13. The van der Waals surface area contributed by atoms with Gasteiger partial charge in [0.05, 0.1) is 0 Å². The van der Waals surface area contributed by atoms with Crippen molar-refractivity contribution in [3.05, 3.63) is 12.7 Å². The molecule has 0 aliphatic carbocycles. The van der Waals surface area contributed by atoms with Gasteiger partial charge in [-0.1, -0.05) is 25.3 Å². The number of hydrogen-bond acceptors (Lipinski definition) is 2. The first-order valence-corrected chi connectivity index (χ1v) is 6.85. The molecule has 1 rings (SSSR count). The summed E-state index contributed by atoms with van der Waals surface area (Å²) in [6, 6.07) is 0. The average Bonchev–Trinajstić information content (AvgIpc) is 2.31. The van der Waals surface area contributed by atoms with Crippen LogP contribution in [0.5, 0.6) is 0 Å². The summed E-state index contributed by atoms with van der Waals surface area (Å²) < 4.78 is 6.03. The molecule has 0 aromatic carbocycles. The molecule has 0 spiro atoms. The Hall–Kier alpha value is 0.0500. The van der Waals surface area contributed by atoms with Crippen molar-refractivity contribution < 1.29 is 4.74 Å². The fraction of sp³-hybridized carbons (Fsp3) is 0.833. The highest BCUT2D eigenvalue weighted by atomic mass is 32.2. The summed E-state index contributed by atoms with van der Waals surface area (Å²) in [7, 11) is 0. The van der Waals surface area contributed by atoms with E-state index in [0.29, 0.717) is 0 Å². The molecule has 0 unspecified atom stereocenters. The molecule has 0 N–H and O–H groups in total. The van der Waals surface area contributed by atoms with E-state index in [4.69, 9.17) is 4.74 Å². The van der Waals surface area contributed by atoms with Gasteiger partial charge in [-0.05, 0) is 25.5 Å². The summed E-state index contributed by atoms with van der Waals surface area (Å²) in [5, 5.41) is 0. The van der Waals surface area contributed by atoms with Gasteiger partial charge in [-0.2, -0.15) is 0 Å². The lowest BCUT2D eigenvalue weighted by atomic mass is 10.1. The standard InChI is InChI=1S/C12H22OS/c1-3-9-12(14-2)10-7-5-4-6-8-11-13-12/h3H,1,4-11H2,2H3/t12-/m1/s1. The molecule has 0 aromatic heterocycles. The van der Waals surface area contributed by atoms with Crippen molar-refractivity contribution in [3.8, 4) is 0 Å². The van der Waals surface area contributed by atoms with E-state index < -0.39 is 0 Å². The molecule has 0 aromatic rings. The second kappa shape index (κ2) is 6.52. The fourth-order valence-corrected chi connectivity index (χ4v) is 2.82. The number of rotatable bonds is 3. The van der Waals surface area contributed by atoms with Crippen molar-refractivity contribution in [2.45, 2.75) is 49.9 Å². The van der Waals surface area contributed by atoms with Crippen LogP contribution in [-0.4, -0.2) is 17.8 Å². The molecule has 0 bridgehead atoms. The van der Waals surface area contributed by atoms with Gasteiger partial charge in [-0.3, -0.25) is 0 Å². The Labute approximate surface area is 92.3 Å². The summed E-state index contributed by atoms with van der Waals surface area (Å²) >= 11 is 1.86. The molecule has 14 heavy (non-hydrogen) atoms. The van der Waals surface area contributed by atoms with Crippen molar-refractivity contribution in [2.75, 3.05) is 12.9 Å². The molecule has 0 saturated carbocycles. The predicted octanol–water partition coefficient (Wildman–Crippen LogP) is 3.99. The van der Waals surface area contributed by atoms with Crippen LogP contribution in [-0.2, 0) is 4.74 Å². The third-order valence-electron chi connectivity index (χ3n) is 2.89. The minimum Gasteiger partial charge on any atom is -0.364 e. The Morgan fingerprint density at radius 2 is 2.00 bits per heavy atom. The van der Waals surface area contributed by atoms with Gasteiger partial charge in [0.1, 0.15) is 4.93 Å². The van der Waals surface area contributed by atoms with Crippen LogP contribution in [0.1, 0.15) is 44.9 Å². The molecule has 0 radical (unpaired) electrons. The summed E-state index contributed by atoms with van der Waals surface area (Å²) in [5.41, 5.74) is 0. The highest BCUT2D eigenvalue weighted by Gasteiger charge is 2.28.